The number of methoxy groups -OCH3 is 1. The predicted molar refractivity (Wildman–Crippen MR) is 124 cm³/mol. The van der Waals surface area contributed by atoms with Crippen LogP contribution in [0.1, 0.15) is 16.1 Å². The van der Waals surface area contributed by atoms with Gasteiger partial charge in [0, 0.05) is 17.1 Å². The molecule has 1 heterocycles. The van der Waals surface area contributed by atoms with Crippen molar-refractivity contribution >= 4 is 39.9 Å². The van der Waals surface area contributed by atoms with Gasteiger partial charge in [0.2, 0.25) is 0 Å². The van der Waals surface area contributed by atoms with E-state index >= 15 is 0 Å². The van der Waals surface area contributed by atoms with Gasteiger partial charge >= 0.3 is 0 Å². The summed E-state index contributed by atoms with van der Waals surface area (Å²) in [4.78, 5) is 12.5. The average Bonchev–Trinajstić information content (AvgIpc) is 3.22. The molecule has 31 heavy (non-hydrogen) atoms. The monoisotopic (exact) mass is 432 g/mol. The van der Waals surface area contributed by atoms with Crippen molar-refractivity contribution in [1.29, 1.82) is 0 Å². The van der Waals surface area contributed by atoms with E-state index in [1.54, 1.807) is 31.4 Å². The smallest absolute Gasteiger partial charge is 0.293 e. The molecule has 0 aliphatic carbocycles. The van der Waals surface area contributed by atoms with Gasteiger partial charge in [0.15, 0.2) is 10.9 Å². The summed E-state index contributed by atoms with van der Waals surface area (Å²) in [5.74, 6) is 1.09. The number of hydrogen-bond donors (Lipinski definition) is 2. The molecule has 6 nitrogen and oxygen atoms in total. The van der Waals surface area contributed by atoms with Crippen LogP contribution in [0, 0.1) is 0 Å². The molecular formula is C24H20N2O4S. The van der Waals surface area contributed by atoms with Crippen LogP contribution in [-0.2, 0) is 6.61 Å². The molecule has 0 saturated heterocycles. The minimum Gasteiger partial charge on any atom is -0.497 e. The third-order valence-corrected chi connectivity index (χ3v) is 4.72. The first-order valence-electron chi connectivity index (χ1n) is 9.57. The van der Waals surface area contributed by atoms with Crippen molar-refractivity contribution in [2.75, 3.05) is 12.4 Å². The first-order valence-corrected chi connectivity index (χ1v) is 9.98. The second kappa shape index (κ2) is 9.32. The number of hydrogen-bond acceptors (Lipinski definition) is 5. The Bertz CT molecular complexity index is 1220. The van der Waals surface area contributed by atoms with Crippen molar-refractivity contribution in [1.82, 2.24) is 5.32 Å². The lowest BCUT2D eigenvalue weighted by Gasteiger charge is -2.11. The molecule has 0 fully saturated rings. The molecule has 0 unspecified atom stereocenters. The normalized spacial score (nSPS) is 10.5. The van der Waals surface area contributed by atoms with Gasteiger partial charge in [0.1, 0.15) is 23.7 Å². The van der Waals surface area contributed by atoms with Crippen molar-refractivity contribution in [2.24, 2.45) is 0 Å². The van der Waals surface area contributed by atoms with Gasteiger partial charge in [0.05, 0.1) is 7.11 Å². The molecule has 7 heteroatoms. The Hall–Kier alpha value is -3.84. The van der Waals surface area contributed by atoms with Gasteiger partial charge in [-0.1, -0.05) is 36.4 Å². The molecule has 0 spiro atoms. The number of thiocarbonyl (C=S) groups is 1. The number of fused-ring (bicyclic) bond motifs is 1. The highest BCUT2D eigenvalue weighted by molar-refractivity contribution is 7.80. The zero-order chi connectivity index (χ0) is 21.6. The maximum atomic E-state index is 12.5. The Morgan fingerprint density at radius 2 is 1.81 bits per heavy atom. The Kier molecular flexibility index (Phi) is 6.14. The predicted octanol–water partition coefficient (Wildman–Crippen LogP) is 5.15. The first-order chi connectivity index (χ1) is 15.1. The van der Waals surface area contributed by atoms with Crippen LogP contribution < -0.4 is 20.1 Å². The quantitative estimate of drug-likeness (QED) is 0.411. The van der Waals surface area contributed by atoms with Crippen molar-refractivity contribution in [3.05, 3.63) is 90.2 Å². The summed E-state index contributed by atoms with van der Waals surface area (Å²) in [6.07, 6.45) is 0. The van der Waals surface area contributed by atoms with Crippen molar-refractivity contribution in [2.45, 2.75) is 6.61 Å². The summed E-state index contributed by atoms with van der Waals surface area (Å²) in [6, 6.07) is 24.2. The lowest BCUT2D eigenvalue weighted by atomic mass is 10.2. The van der Waals surface area contributed by atoms with Crippen molar-refractivity contribution in [3.63, 3.8) is 0 Å². The Balaban J connectivity index is 1.36. The molecule has 0 aliphatic heterocycles. The van der Waals surface area contributed by atoms with Crippen LogP contribution in [0.5, 0.6) is 11.5 Å². The minimum absolute atomic E-state index is 0.156. The average molecular weight is 433 g/mol. The van der Waals surface area contributed by atoms with E-state index in [2.05, 4.69) is 10.6 Å². The number of carbonyl (C=O) groups excluding carboxylic acids is 1. The molecule has 1 amide bonds. The van der Waals surface area contributed by atoms with Gasteiger partial charge in [-0.25, -0.2) is 0 Å². The van der Waals surface area contributed by atoms with E-state index < -0.39 is 5.91 Å². The highest BCUT2D eigenvalue weighted by atomic mass is 32.1. The van der Waals surface area contributed by atoms with Crippen molar-refractivity contribution in [3.8, 4) is 11.5 Å². The van der Waals surface area contributed by atoms with Gasteiger partial charge in [-0.3, -0.25) is 10.1 Å². The SMILES string of the molecule is COc1ccc2oc(C(=O)NC(=S)Nc3cccc(OCc4ccccc4)c3)cc2c1. The lowest BCUT2D eigenvalue weighted by Crippen LogP contribution is -2.33. The molecular weight excluding hydrogens is 412 g/mol. The van der Waals surface area contributed by atoms with Crippen molar-refractivity contribution < 1.29 is 18.7 Å². The maximum Gasteiger partial charge on any atom is 0.293 e. The summed E-state index contributed by atoms with van der Waals surface area (Å²) in [5.41, 5.74) is 2.37. The Morgan fingerprint density at radius 1 is 0.968 bits per heavy atom. The topological polar surface area (TPSA) is 72.7 Å². The number of anilines is 1. The standard InChI is InChI=1S/C24H20N2O4S/c1-28-19-10-11-21-17(12-19)13-22(30-21)23(27)26-24(31)25-18-8-5-9-20(14-18)29-15-16-6-3-2-4-7-16/h2-14H,15H2,1H3,(H2,25,26,27,31). The molecule has 156 valence electrons. The molecule has 4 rings (SSSR count). The molecule has 1 aromatic heterocycles. The van der Waals surface area contributed by atoms with Crippen LogP contribution in [-0.4, -0.2) is 18.1 Å². The lowest BCUT2D eigenvalue weighted by molar-refractivity contribution is 0.0953. The second-order valence-corrected chi connectivity index (χ2v) is 7.13. The summed E-state index contributed by atoms with van der Waals surface area (Å²) in [5, 5.41) is 6.54. The molecule has 4 aromatic rings. The van der Waals surface area contributed by atoms with Crippen LogP contribution in [0.15, 0.2) is 83.3 Å². The summed E-state index contributed by atoms with van der Waals surface area (Å²) < 4.78 is 16.6. The van der Waals surface area contributed by atoms with Gasteiger partial charge in [-0.15, -0.1) is 0 Å². The van der Waals surface area contributed by atoms with E-state index in [1.165, 1.54) is 0 Å². The molecule has 0 bridgehead atoms. The third kappa shape index (κ3) is 5.21. The fourth-order valence-electron chi connectivity index (χ4n) is 2.99. The highest BCUT2D eigenvalue weighted by Gasteiger charge is 2.14. The van der Waals surface area contributed by atoms with E-state index in [1.807, 2.05) is 54.6 Å². The van der Waals surface area contributed by atoms with E-state index in [0.29, 0.717) is 29.4 Å². The van der Waals surface area contributed by atoms with Gasteiger partial charge in [-0.2, -0.15) is 0 Å². The van der Waals surface area contributed by atoms with Crippen LogP contribution in [0.25, 0.3) is 11.0 Å². The van der Waals surface area contributed by atoms with Gasteiger partial charge < -0.3 is 19.2 Å². The molecule has 3 aromatic carbocycles. The zero-order valence-corrected chi connectivity index (χ0v) is 17.6. The summed E-state index contributed by atoms with van der Waals surface area (Å²) in [6.45, 7) is 0.461. The number of rotatable bonds is 6. The van der Waals surface area contributed by atoms with E-state index in [4.69, 9.17) is 26.1 Å². The zero-order valence-electron chi connectivity index (χ0n) is 16.8. The number of benzene rings is 3. The number of furan rings is 1. The molecule has 0 atom stereocenters. The van der Waals surface area contributed by atoms with E-state index in [0.717, 1.165) is 10.9 Å². The van der Waals surface area contributed by atoms with Gasteiger partial charge in [-0.05, 0) is 54.2 Å². The molecule has 0 aliphatic rings. The minimum atomic E-state index is -0.441. The third-order valence-electron chi connectivity index (χ3n) is 4.51. The van der Waals surface area contributed by atoms with Crippen LogP contribution in [0.3, 0.4) is 0 Å². The Morgan fingerprint density at radius 3 is 2.61 bits per heavy atom. The number of ether oxygens (including phenoxy) is 2. The number of amides is 1. The maximum absolute atomic E-state index is 12.5. The number of nitrogens with one attached hydrogen (secondary N) is 2. The van der Waals surface area contributed by atoms with E-state index in [-0.39, 0.29) is 10.9 Å². The second-order valence-electron chi connectivity index (χ2n) is 6.72. The summed E-state index contributed by atoms with van der Waals surface area (Å²) >= 11 is 5.27. The van der Waals surface area contributed by atoms with Crippen LogP contribution in [0.2, 0.25) is 0 Å². The Labute approximate surface area is 184 Å². The highest BCUT2D eigenvalue weighted by Crippen LogP contribution is 2.24. The summed E-state index contributed by atoms with van der Waals surface area (Å²) in [7, 11) is 1.58. The first kappa shape index (κ1) is 20.4. The van der Waals surface area contributed by atoms with Crippen LogP contribution in [0.4, 0.5) is 5.69 Å². The molecule has 0 radical (unpaired) electrons. The molecule has 2 N–H and O–H groups in total. The fourth-order valence-corrected chi connectivity index (χ4v) is 3.20. The molecule has 0 saturated carbocycles. The largest absolute Gasteiger partial charge is 0.497 e. The van der Waals surface area contributed by atoms with Gasteiger partial charge in [0.25, 0.3) is 5.91 Å². The van der Waals surface area contributed by atoms with E-state index in [9.17, 15) is 4.79 Å². The van der Waals surface area contributed by atoms with Crippen LogP contribution >= 0.6 is 12.2 Å². The fraction of sp³-hybridized carbons (Fsp3) is 0.0833. The number of carbonyl (C=O) groups is 1.